The molecule has 3 N–H and O–H groups in total. The van der Waals surface area contributed by atoms with Gasteiger partial charge in [0.15, 0.2) is 0 Å². The number of unbranched alkanes of at least 4 members (excludes halogenated alkanes) is 2. The molecule has 0 spiro atoms. The molecule has 3 nitrogen and oxygen atoms in total. The highest BCUT2D eigenvalue weighted by Crippen LogP contribution is 1.92. The molecule has 0 aliphatic heterocycles. The molecule has 1 amide bonds. The summed E-state index contributed by atoms with van der Waals surface area (Å²) in [5, 5.41) is 2.80. The number of carbonyl (C=O) groups excluding carboxylic acids is 1. The molecule has 0 rings (SSSR count). The summed E-state index contributed by atoms with van der Waals surface area (Å²) >= 11 is 0. The summed E-state index contributed by atoms with van der Waals surface area (Å²) < 4.78 is 0. The number of carbonyl (C=O) groups is 1. The lowest BCUT2D eigenvalue weighted by atomic mass is 10.2. The molecule has 0 aromatic rings. The zero-order valence-corrected chi connectivity index (χ0v) is 8.10. The summed E-state index contributed by atoms with van der Waals surface area (Å²) in [5.41, 5.74) is 5.52. The Kier molecular flexibility index (Phi) is 6.76. The average molecular weight is 172 g/mol. The molecule has 0 unspecified atom stereocenters. The highest BCUT2D eigenvalue weighted by molar-refractivity contribution is 5.81. The van der Waals surface area contributed by atoms with E-state index in [9.17, 15) is 4.79 Å². The second-order valence-corrected chi connectivity index (χ2v) is 3.01. The van der Waals surface area contributed by atoms with Gasteiger partial charge in [-0.1, -0.05) is 26.7 Å². The Morgan fingerprint density at radius 3 is 2.58 bits per heavy atom. The zero-order chi connectivity index (χ0) is 9.40. The van der Waals surface area contributed by atoms with Gasteiger partial charge in [0.2, 0.25) is 5.91 Å². The SMILES string of the molecule is CCCCCNC(=O)[C@@H](N)CC. The van der Waals surface area contributed by atoms with Gasteiger partial charge in [0.25, 0.3) is 0 Å². The van der Waals surface area contributed by atoms with Gasteiger partial charge in [-0.25, -0.2) is 0 Å². The molecule has 0 fully saturated rings. The van der Waals surface area contributed by atoms with Crippen LogP contribution in [0.3, 0.4) is 0 Å². The van der Waals surface area contributed by atoms with E-state index in [1.807, 2.05) is 6.92 Å². The van der Waals surface area contributed by atoms with Crippen molar-refractivity contribution < 1.29 is 4.79 Å². The Morgan fingerprint density at radius 1 is 1.42 bits per heavy atom. The molecule has 0 aromatic carbocycles. The van der Waals surface area contributed by atoms with Crippen molar-refractivity contribution in [3.05, 3.63) is 0 Å². The summed E-state index contributed by atoms with van der Waals surface area (Å²) in [6.07, 6.45) is 4.11. The number of rotatable bonds is 6. The van der Waals surface area contributed by atoms with Crippen molar-refractivity contribution in [3.8, 4) is 0 Å². The Hall–Kier alpha value is -0.570. The van der Waals surface area contributed by atoms with Crippen LogP contribution in [0.15, 0.2) is 0 Å². The molecule has 1 atom stereocenters. The second kappa shape index (κ2) is 7.10. The minimum Gasteiger partial charge on any atom is -0.355 e. The molecule has 0 saturated heterocycles. The van der Waals surface area contributed by atoms with Crippen molar-refractivity contribution in [1.29, 1.82) is 0 Å². The van der Waals surface area contributed by atoms with Crippen molar-refractivity contribution in [2.24, 2.45) is 5.73 Å². The van der Waals surface area contributed by atoms with Crippen LogP contribution >= 0.6 is 0 Å². The molecule has 0 saturated carbocycles. The van der Waals surface area contributed by atoms with Crippen LogP contribution in [0.25, 0.3) is 0 Å². The largest absolute Gasteiger partial charge is 0.355 e. The third kappa shape index (κ3) is 5.13. The first-order valence-corrected chi connectivity index (χ1v) is 4.75. The second-order valence-electron chi connectivity index (χ2n) is 3.01. The van der Waals surface area contributed by atoms with Gasteiger partial charge >= 0.3 is 0 Å². The quantitative estimate of drug-likeness (QED) is 0.588. The third-order valence-electron chi connectivity index (χ3n) is 1.86. The van der Waals surface area contributed by atoms with E-state index in [-0.39, 0.29) is 11.9 Å². The van der Waals surface area contributed by atoms with E-state index < -0.39 is 0 Å². The molecule has 12 heavy (non-hydrogen) atoms. The number of hydrogen-bond acceptors (Lipinski definition) is 2. The van der Waals surface area contributed by atoms with Crippen LogP contribution in [-0.2, 0) is 4.79 Å². The molecule has 3 heteroatoms. The van der Waals surface area contributed by atoms with E-state index in [1.54, 1.807) is 0 Å². The van der Waals surface area contributed by atoms with E-state index in [1.165, 1.54) is 12.8 Å². The zero-order valence-electron chi connectivity index (χ0n) is 8.10. The molecule has 0 aliphatic rings. The van der Waals surface area contributed by atoms with Gasteiger partial charge in [-0.15, -0.1) is 0 Å². The Bertz CT molecular complexity index is 126. The number of hydrogen-bond donors (Lipinski definition) is 2. The van der Waals surface area contributed by atoms with Crippen LogP contribution in [0.5, 0.6) is 0 Å². The van der Waals surface area contributed by atoms with E-state index in [0.29, 0.717) is 6.42 Å². The maximum atomic E-state index is 11.1. The van der Waals surface area contributed by atoms with Gasteiger partial charge in [0.1, 0.15) is 0 Å². The first kappa shape index (κ1) is 11.4. The smallest absolute Gasteiger partial charge is 0.236 e. The van der Waals surface area contributed by atoms with Gasteiger partial charge in [-0.05, 0) is 12.8 Å². The van der Waals surface area contributed by atoms with Crippen LogP contribution in [0.2, 0.25) is 0 Å². The van der Waals surface area contributed by atoms with Crippen molar-refractivity contribution >= 4 is 5.91 Å². The number of nitrogens with two attached hydrogens (primary N) is 1. The highest BCUT2D eigenvalue weighted by atomic mass is 16.2. The lowest BCUT2D eigenvalue weighted by molar-refractivity contribution is -0.122. The lowest BCUT2D eigenvalue weighted by Gasteiger charge is -2.09. The summed E-state index contributed by atoms with van der Waals surface area (Å²) in [4.78, 5) is 11.1. The van der Waals surface area contributed by atoms with E-state index in [4.69, 9.17) is 5.73 Å². The molecule has 0 aliphatic carbocycles. The molecule has 0 heterocycles. The van der Waals surface area contributed by atoms with E-state index >= 15 is 0 Å². The standard InChI is InChI=1S/C9H20N2O/c1-3-5-6-7-11-9(12)8(10)4-2/h8H,3-7,10H2,1-2H3,(H,11,12)/t8-/m0/s1. The summed E-state index contributed by atoms with van der Waals surface area (Å²) in [7, 11) is 0. The fourth-order valence-corrected chi connectivity index (χ4v) is 0.903. The van der Waals surface area contributed by atoms with Gasteiger partial charge in [-0.2, -0.15) is 0 Å². The van der Waals surface area contributed by atoms with Crippen LogP contribution in [0.1, 0.15) is 39.5 Å². The number of amides is 1. The molecular weight excluding hydrogens is 152 g/mol. The average Bonchev–Trinajstić information content (AvgIpc) is 2.10. The van der Waals surface area contributed by atoms with Crippen LogP contribution in [-0.4, -0.2) is 18.5 Å². The predicted molar refractivity (Wildman–Crippen MR) is 50.8 cm³/mol. The first-order valence-electron chi connectivity index (χ1n) is 4.75. The first-order chi connectivity index (χ1) is 5.72. The number of nitrogens with one attached hydrogen (secondary N) is 1. The van der Waals surface area contributed by atoms with E-state index in [0.717, 1.165) is 13.0 Å². The molecule has 72 valence electrons. The third-order valence-corrected chi connectivity index (χ3v) is 1.86. The molecule has 0 radical (unpaired) electrons. The van der Waals surface area contributed by atoms with Gasteiger partial charge in [0.05, 0.1) is 6.04 Å². The van der Waals surface area contributed by atoms with Crippen molar-refractivity contribution in [3.63, 3.8) is 0 Å². The van der Waals surface area contributed by atoms with Crippen molar-refractivity contribution in [1.82, 2.24) is 5.32 Å². The Balaban J connectivity index is 3.31. The van der Waals surface area contributed by atoms with Crippen molar-refractivity contribution in [2.45, 2.75) is 45.6 Å². The van der Waals surface area contributed by atoms with Gasteiger partial charge < -0.3 is 11.1 Å². The maximum Gasteiger partial charge on any atom is 0.236 e. The predicted octanol–water partition coefficient (Wildman–Crippen LogP) is 1.03. The summed E-state index contributed by atoms with van der Waals surface area (Å²) in [6.45, 7) is 4.82. The lowest BCUT2D eigenvalue weighted by Crippen LogP contribution is -2.40. The van der Waals surface area contributed by atoms with Crippen LogP contribution in [0.4, 0.5) is 0 Å². The fourth-order valence-electron chi connectivity index (χ4n) is 0.903. The van der Waals surface area contributed by atoms with Gasteiger partial charge in [0, 0.05) is 6.54 Å². The minimum atomic E-state index is -0.327. The molecule has 0 bridgehead atoms. The topological polar surface area (TPSA) is 55.1 Å². The fraction of sp³-hybridized carbons (Fsp3) is 0.889. The monoisotopic (exact) mass is 172 g/mol. The van der Waals surface area contributed by atoms with Crippen molar-refractivity contribution in [2.75, 3.05) is 6.54 Å². The minimum absolute atomic E-state index is 0.0198. The summed E-state index contributed by atoms with van der Waals surface area (Å²) in [5.74, 6) is -0.0198. The Labute approximate surface area is 74.7 Å². The highest BCUT2D eigenvalue weighted by Gasteiger charge is 2.08. The summed E-state index contributed by atoms with van der Waals surface area (Å²) in [6, 6.07) is -0.327. The molecular formula is C9H20N2O. The van der Waals surface area contributed by atoms with E-state index in [2.05, 4.69) is 12.2 Å². The molecule has 0 aromatic heterocycles. The van der Waals surface area contributed by atoms with Crippen LogP contribution < -0.4 is 11.1 Å². The maximum absolute atomic E-state index is 11.1. The van der Waals surface area contributed by atoms with Crippen LogP contribution in [0, 0.1) is 0 Å². The van der Waals surface area contributed by atoms with Gasteiger partial charge in [-0.3, -0.25) is 4.79 Å². The normalized spacial score (nSPS) is 12.6. The Morgan fingerprint density at radius 2 is 2.08 bits per heavy atom.